The fourth-order valence-corrected chi connectivity index (χ4v) is 24.7. The third kappa shape index (κ3) is 29.8. The Bertz CT molecular complexity index is 7250. The molecule has 141 heavy (non-hydrogen) atoms. The van der Waals surface area contributed by atoms with Crippen LogP contribution in [-0.2, 0) is 47.3 Å². The number of halogens is 5. The zero-order chi connectivity index (χ0) is 104. The molecule has 0 fully saturated rings. The third-order valence-electron chi connectivity index (χ3n) is 24.3. The van der Waals surface area contributed by atoms with Crippen molar-refractivity contribution in [3.05, 3.63) is 237 Å². The van der Waals surface area contributed by atoms with E-state index in [0.29, 0.717) is 48.1 Å². The van der Waals surface area contributed by atoms with Gasteiger partial charge in [-0.3, -0.25) is 25.0 Å². The number of rotatable bonds is 14. The zero-order valence-electron chi connectivity index (χ0n) is 85.6. The number of hydrogen-bond donors (Lipinski definition) is 7. The second-order valence-electron chi connectivity index (χ2n) is 43.1. The number of nitrogens with two attached hydrogens (primary N) is 1. The molecular weight excluding hydrogens is 2350 g/mol. The van der Waals surface area contributed by atoms with E-state index in [9.17, 15) is 24.4 Å². The van der Waals surface area contributed by atoms with Crippen LogP contribution in [0.1, 0.15) is 147 Å². The monoisotopic (exact) mass is 2470 g/mol. The Balaban J connectivity index is 0.000000170. The topological polar surface area (TPSA) is 328 Å². The van der Waals surface area contributed by atoms with Gasteiger partial charge in [-0.15, -0.1) is 11.3 Å². The van der Waals surface area contributed by atoms with Gasteiger partial charge in [0, 0.05) is 78.4 Å². The van der Waals surface area contributed by atoms with E-state index in [4.69, 9.17) is 33.2 Å². The Morgan fingerprint density at radius 3 is 1.28 bits per heavy atom. The number of aryl methyl sites for hydroxylation is 1. The van der Waals surface area contributed by atoms with E-state index in [1.807, 2.05) is 217 Å². The first-order valence-electron chi connectivity index (χ1n) is 46.2. The molecule has 0 bridgehead atoms. The average Bonchev–Trinajstić information content (AvgIpc) is 1.60. The van der Waals surface area contributed by atoms with Crippen molar-refractivity contribution in [2.45, 2.75) is 237 Å². The summed E-state index contributed by atoms with van der Waals surface area (Å²) in [5.74, 6) is 0. The molecule has 25 nitrogen and oxygen atoms in total. The molecule has 0 atom stereocenters. The van der Waals surface area contributed by atoms with Gasteiger partial charge in [-0.05, 0) is 296 Å². The Morgan fingerprint density at radius 2 is 0.858 bits per heavy atom. The van der Waals surface area contributed by atoms with Crippen LogP contribution in [0.15, 0.2) is 211 Å². The van der Waals surface area contributed by atoms with Crippen LogP contribution in [0.25, 0.3) is 110 Å². The van der Waals surface area contributed by atoms with Gasteiger partial charge >= 0.3 is 89.5 Å². The molecule has 8 N–H and O–H groups in total. The van der Waals surface area contributed by atoms with E-state index in [1.165, 1.54) is 13.0 Å². The van der Waals surface area contributed by atoms with Crippen molar-refractivity contribution in [1.82, 2.24) is 64.5 Å². The van der Waals surface area contributed by atoms with Gasteiger partial charge in [0.2, 0.25) is 0 Å². The zero-order valence-corrected chi connectivity index (χ0v) is 102. The molecule has 17 rings (SSSR count). The number of nitrogen functional groups attached to an aromatic ring is 1. The number of benzene rings is 8. The summed E-state index contributed by atoms with van der Waals surface area (Å²) in [6, 6.07) is 53.4. The maximum atomic E-state index is 13.5. The number of aromatic amines is 4. The first-order chi connectivity index (χ1) is 65.5. The molecule has 17 aromatic rings. The standard InChI is InChI=1S/C30H36N4O3SSi.C27H34BrN3O3Si.C20H32BNO5Si.C7H4BrIN2.C7H5BrN2.C7H8BrN.C3H2NS.3CH3.Sn/c1-29(2,3)37-28(35)34-24-12-9-19(18-36-39(7,8)30(4,5)6)15-21(24)17-25(34)26-22-11-10-20(16-23(22)32-33-26)27-31-13-14-38-27;1-26(2,3)34-25(32)31-22-12-9-17(16-33-35(7,8)27(4,5)6)13-18(22)14-23(31)24-20-11-10-19(28)15-21(20)29-30-24;1-19(2,3)27-18(23)22-16-10-9-14(11-15(16)12-17(22)21(24)25)13-26-28(7,8)20(4,5)6;8-4-1-2-5-6(3-4)10-11-7(5)9;8-6-2-1-5-4-9-10-7(5)3-6;1-5-2-3-6(8)4-7(5)9;1-2-5-3-4-1;;;;/h9-17H,18H2,1-8H3,(H,32,33);9-15H,16H2,1-8H3,(H,29,30);9-12,24-25H,13H2,1-8H3;1-3H,(H,10,11);1-4H,(H,9,10);2-4H,9H2,1H3;1-2H;3*1H3;. The molecule has 9 heterocycles. The Labute approximate surface area is 889 Å². The van der Waals surface area contributed by atoms with Crippen LogP contribution in [0.5, 0.6) is 0 Å². The molecule has 9 aromatic heterocycles. The Hall–Kier alpha value is -8.31. The van der Waals surface area contributed by atoms with Crippen LogP contribution in [0, 0.1) is 10.6 Å². The van der Waals surface area contributed by atoms with Gasteiger partial charge in [0.25, 0.3) is 0 Å². The first kappa shape index (κ1) is 113. The minimum atomic E-state index is -1.90. The number of fused-ring (bicyclic) bond motifs is 7. The van der Waals surface area contributed by atoms with Crippen molar-refractivity contribution in [2.75, 3.05) is 5.73 Å². The number of nitrogens with one attached hydrogen (secondary N) is 4. The molecule has 0 saturated heterocycles. The van der Waals surface area contributed by atoms with Crippen molar-refractivity contribution >= 4 is 268 Å². The van der Waals surface area contributed by atoms with Gasteiger partial charge in [-0.1, -0.05) is 162 Å². The fourth-order valence-electron chi connectivity index (χ4n) is 13.6. The predicted octanol–water partition coefficient (Wildman–Crippen LogP) is 29.8. The van der Waals surface area contributed by atoms with Gasteiger partial charge in [-0.2, -0.15) is 20.4 Å². The van der Waals surface area contributed by atoms with Crippen LogP contribution >= 0.6 is 109 Å². The van der Waals surface area contributed by atoms with Crippen molar-refractivity contribution < 1.29 is 51.9 Å². The summed E-state index contributed by atoms with van der Waals surface area (Å²) in [6.45, 7) is 53.5. The summed E-state index contributed by atoms with van der Waals surface area (Å²) >= 11 is 17.5. The fraction of sp³-hybridized carbons (Fsp3) is 0.356. The van der Waals surface area contributed by atoms with Crippen LogP contribution in [0.2, 0.25) is 69.2 Å². The van der Waals surface area contributed by atoms with Crippen LogP contribution < -0.4 is 14.4 Å². The molecule has 748 valence electrons. The number of thiazole rings is 2. The average molecular weight is 2480 g/mol. The van der Waals surface area contributed by atoms with Crippen LogP contribution in [0.4, 0.5) is 20.1 Å². The number of aromatic nitrogens is 13. The number of carbonyl (C=O) groups excluding carboxylic acids is 3. The predicted molar refractivity (Wildman–Crippen MR) is 614 cm³/mol. The van der Waals surface area contributed by atoms with Gasteiger partial charge in [0.1, 0.15) is 36.9 Å². The first-order valence-corrected chi connectivity index (χ1v) is 70.9. The van der Waals surface area contributed by atoms with Crippen LogP contribution in [0.3, 0.4) is 0 Å². The SMILES string of the molecule is Brc1ccc2c(I)[nH]nc2c1.Brc1ccc2cn[nH]c2c1.CC(C)(C)OC(=O)n1c(-c2n[nH]c3cc(-c4nccs4)ccc23)cc2cc(CO[Si](C)(C)C(C)(C)C)ccc21.CC(C)(C)OC(=O)n1c(-c2n[nH]c3cc(Br)ccc23)cc2cc(CO[Si](C)(C)C(C)(C)C)ccc21.CC(C)(C)OC(=O)n1c(B(O)O)cc2cc(CO[Si](C)(C)C(C)(C)C)ccc21.Cc1ccc(Br)cc1N.[CH3][Sn]([CH3])([CH3])[c]1nccs1. The van der Waals surface area contributed by atoms with Crippen molar-refractivity contribution in [3.63, 3.8) is 0 Å². The summed E-state index contributed by atoms with van der Waals surface area (Å²) in [4.78, 5) is 55.4. The van der Waals surface area contributed by atoms with E-state index >= 15 is 0 Å². The summed E-state index contributed by atoms with van der Waals surface area (Å²) in [5.41, 5.74) is 18.5. The third-order valence-corrected chi connectivity index (χ3v) is 51.1. The molecule has 0 aliphatic heterocycles. The van der Waals surface area contributed by atoms with Crippen molar-refractivity contribution in [2.24, 2.45) is 0 Å². The van der Waals surface area contributed by atoms with E-state index in [-0.39, 0.29) is 20.7 Å². The number of nitrogens with zero attached hydrogens (tertiary/aromatic N) is 9. The Morgan fingerprint density at radius 1 is 0.454 bits per heavy atom. The molecule has 0 spiro atoms. The molecule has 0 amide bonds. The molecule has 0 aliphatic rings. The summed E-state index contributed by atoms with van der Waals surface area (Å²) < 4.78 is 47.3. The van der Waals surface area contributed by atoms with E-state index in [2.05, 4.69) is 271 Å². The van der Waals surface area contributed by atoms with Crippen molar-refractivity contribution in [1.29, 1.82) is 0 Å². The maximum absolute atomic E-state index is 13.5. The van der Waals surface area contributed by atoms with E-state index < -0.39 is 85.5 Å². The number of ether oxygens (including phenoxy) is 3. The van der Waals surface area contributed by atoms with Gasteiger partial charge in [0.15, 0.2) is 25.0 Å². The van der Waals surface area contributed by atoms with E-state index in [0.717, 1.165) is 126 Å². The van der Waals surface area contributed by atoms with Gasteiger partial charge < -0.3 is 43.3 Å². The second-order valence-corrected chi connectivity index (χ2v) is 79.3. The van der Waals surface area contributed by atoms with Crippen molar-refractivity contribution in [3.8, 4) is 33.3 Å². The molecule has 37 heteroatoms. The number of H-pyrrole nitrogens is 4. The second kappa shape index (κ2) is 45.8. The minimum absolute atomic E-state index is 0.0757. The normalized spacial score (nSPS) is 12.4. The quantitative estimate of drug-likeness (QED) is 0.0230. The Kier molecular flexibility index (Phi) is 36.7. The molecule has 0 unspecified atom stereocenters. The summed E-state index contributed by atoms with van der Waals surface area (Å²) in [7, 11) is -7.45. The molecule has 0 saturated carbocycles. The van der Waals surface area contributed by atoms with Gasteiger partial charge in [-0.25, -0.2) is 28.5 Å². The summed E-state index contributed by atoms with van der Waals surface area (Å²) in [5, 5.41) is 60.9. The number of hydrogen-bond acceptors (Lipinski definition) is 20. The molecule has 0 aliphatic carbocycles. The molecular formula is C104H130BBr4IN14O11S2Si3Sn. The number of carbonyl (C=O) groups is 3. The molecule has 0 radical (unpaired) electrons. The summed E-state index contributed by atoms with van der Waals surface area (Å²) in [6.07, 6.45) is 4.00. The van der Waals surface area contributed by atoms with E-state index in [1.54, 1.807) is 59.6 Å². The number of anilines is 1. The van der Waals surface area contributed by atoms with Crippen LogP contribution in [-0.4, -0.2) is 160 Å². The van der Waals surface area contributed by atoms with Gasteiger partial charge in [0.05, 0.1) is 81.6 Å². The molecule has 8 aromatic carbocycles.